The predicted molar refractivity (Wildman–Crippen MR) is 398 cm³/mol. The van der Waals surface area contributed by atoms with Crippen molar-refractivity contribution in [1.29, 1.82) is 0 Å². The van der Waals surface area contributed by atoms with E-state index in [2.05, 4.69) is 19.2 Å². The molecule has 0 aliphatic rings. The Morgan fingerprint density at radius 3 is 0.678 bits per heavy atom. The summed E-state index contributed by atoms with van der Waals surface area (Å²) in [7, 11) is 0. The highest BCUT2D eigenvalue weighted by Gasteiger charge is 2.20. The van der Waals surface area contributed by atoms with Gasteiger partial charge in [0.15, 0.2) is 0 Å². The fourth-order valence-corrected chi connectivity index (χ4v) is 14.0. The maximum atomic E-state index is 12.6. The highest BCUT2D eigenvalue weighted by Crippen LogP contribution is 2.21. The molecule has 0 aromatic rings. The third-order valence-corrected chi connectivity index (χ3v) is 20.4. The van der Waals surface area contributed by atoms with Gasteiger partial charge in [0.25, 0.3) is 0 Å². The first-order valence-corrected chi connectivity index (χ1v) is 42.3. The van der Waals surface area contributed by atoms with Crippen LogP contribution in [0, 0.1) is 0 Å². The molecule has 1 amide bonds. The Labute approximate surface area is 566 Å². The molecule has 0 aromatic carbocycles. The van der Waals surface area contributed by atoms with Crippen LogP contribution in [0.25, 0.3) is 0 Å². The number of amides is 1. The van der Waals surface area contributed by atoms with Crippen LogP contribution < -0.4 is 5.32 Å². The zero-order valence-electron chi connectivity index (χ0n) is 61.9. The Morgan fingerprint density at radius 1 is 0.267 bits per heavy atom. The average molecular weight is 1270 g/mol. The lowest BCUT2D eigenvalue weighted by Crippen LogP contribution is -2.45. The van der Waals surface area contributed by atoms with E-state index in [1.165, 1.54) is 430 Å². The van der Waals surface area contributed by atoms with Crippen molar-refractivity contribution in [3.63, 3.8) is 0 Å². The number of ether oxygens (including phenoxy) is 1. The van der Waals surface area contributed by atoms with Crippen molar-refractivity contribution in [3.05, 3.63) is 0 Å². The molecule has 0 bridgehead atoms. The van der Waals surface area contributed by atoms with Crippen molar-refractivity contribution in [1.82, 2.24) is 5.32 Å². The number of aliphatic hydroxyl groups is 2. The van der Waals surface area contributed by atoms with E-state index in [-0.39, 0.29) is 18.5 Å². The minimum Gasteiger partial charge on any atom is -0.466 e. The monoisotopic (exact) mass is 1270 g/mol. The van der Waals surface area contributed by atoms with Crippen LogP contribution in [-0.2, 0) is 14.3 Å². The largest absolute Gasteiger partial charge is 0.466 e. The summed E-state index contributed by atoms with van der Waals surface area (Å²) in [5.74, 6) is 0.00495. The molecule has 0 rings (SSSR count). The Morgan fingerprint density at radius 2 is 0.456 bits per heavy atom. The maximum absolute atomic E-state index is 12.6. The predicted octanol–water partition coefficient (Wildman–Crippen LogP) is 28.1. The lowest BCUT2D eigenvalue weighted by molar-refractivity contribution is -0.143. The molecule has 0 aliphatic heterocycles. The number of nitrogens with one attached hydrogen (secondary N) is 1. The van der Waals surface area contributed by atoms with Gasteiger partial charge in [0, 0.05) is 12.8 Å². The molecule has 6 heteroatoms. The summed E-state index contributed by atoms with van der Waals surface area (Å²) < 4.78 is 5.52. The first-order chi connectivity index (χ1) is 44.5. The number of carbonyl (C=O) groups is 2. The first-order valence-electron chi connectivity index (χ1n) is 42.3. The van der Waals surface area contributed by atoms with E-state index in [1.54, 1.807) is 0 Å². The molecule has 3 N–H and O–H groups in total. The highest BCUT2D eigenvalue weighted by atomic mass is 16.5. The molecule has 0 heterocycles. The van der Waals surface area contributed by atoms with Crippen molar-refractivity contribution in [3.8, 4) is 0 Å². The molecule has 0 aromatic heterocycles. The molecule has 2 unspecified atom stereocenters. The van der Waals surface area contributed by atoms with Gasteiger partial charge in [-0.1, -0.05) is 463 Å². The molecule has 6 nitrogen and oxygen atoms in total. The minimum absolute atomic E-state index is 0.0233. The molecule has 0 aliphatic carbocycles. The molecule has 538 valence electrons. The van der Waals surface area contributed by atoms with E-state index in [4.69, 9.17) is 4.74 Å². The van der Waals surface area contributed by atoms with Crippen molar-refractivity contribution >= 4 is 11.9 Å². The molecule has 0 fully saturated rings. The van der Waals surface area contributed by atoms with Crippen LogP contribution in [0.3, 0.4) is 0 Å². The number of hydrogen-bond donors (Lipinski definition) is 3. The van der Waals surface area contributed by atoms with Gasteiger partial charge in [-0.05, 0) is 25.7 Å². The summed E-state index contributed by atoms with van der Waals surface area (Å²) in [6.45, 7) is 5.03. The Bertz CT molecular complexity index is 1320. The van der Waals surface area contributed by atoms with Crippen LogP contribution in [0.2, 0.25) is 0 Å². The number of unbranched alkanes of at least 4 members (excludes halogenated alkanes) is 70. The zero-order valence-corrected chi connectivity index (χ0v) is 61.9. The third-order valence-electron chi connectivity index (χ3n) is 20.4. The van der Waals surface area contributed by atoms with E-state index in [0.29, 0.717) is 25.9 Å². The van der Waals surface area contributed by atoms with Crippen molar-refractivity contribution < 1.29 is 24.5 Å². The van der Waals surface area contributed by atoms with E-state index in [0.717, 1.165) is 38.5 Å². The van der Waals surface area contributed by atoms with Gasteiger partial charge in [-0.15, -0.1) is 0 Å². The number of aliphatic hydroxyl groups excluding tert-OH is 2. The van der Waals surface area contributed by atoms with Crippen LogP contribution >= 0.6 is 0 Å². The Balaban J connectivity index is 3.29. The summed E-state index contributed by atoms with van der Waals surface area (Å²) in [5, 5.41) is 23.5. The molecule has 2 atom stereocenters. The maximum Gasteiger partial charge on any atom is 0.305 e. The highest BCUT2D eigenvalue weighted by molar-refractivity contribution is 5.76. The second-order valence-electron chi connectivity index (χ2n) is 29.5. The fraction of sp³-hybridized carbons (Fsp3) is 0.976. The van der Waals surface area contributed by atoms with Gasteiger partial charge in [-0.25, -0.2) is 0 Å². The van der Waals surface area contributed by atoms with Crippen LogP contribution in [-0.4, -0.2) is 47.4 Å². The Kier molecular flexibility index (Phi) is 79.3. The summed E-state index contributed by atoms with van der Waals surface area (Å²) in [5.41, 5.74) is 0. The molecular formula is C84H167NO5. The average Bonchev–Trinajstić information content (AvgIpc) is 3.60. The number of hydrogen-bond acceptors (Lipinski definition) is 5. The molecule has 0 saturated heterocycles. The van der Waals surface area contributed by atoms with Gasteiger partial charge >= 0.3 is 5.97 Å². The van der Waals surface area contributed by atoms with Gasteiger partial charge in [-0.2, -0.15) is 0 Å². The SMILES string of the molecule is CCCCCCCCCCCCCCCCCCCCCCCC(O)C(CO)NC(=O)CCCCCCCCCCCCCCCCCCCCCCCCCCCCCCCCCCCCCOC(=O)CCCCCCCCCCCCCCCCCCC. The summed E-state index contributed by atoms with van der Waals surface area (Å²) in [6, 6.07) is -0.537. The van der Waals surface area contributed by atoms with Gasteiger partial charge in [-0.3, -0.25) is 9.59 Å². The van der Waals surface area contributed by atoms with Crippen molar-refractivity contribution in [2.45, 2.75) is 514 Å². The van der Waals surface area contributed by atoms with Crippen molar-refractivity contribution in [2.24, 2.45) is 0 Å². The van der Waals surface area contributed by atoms with Crippen LogP contribution in [0.5, 0.6) is 0 Å². The Hall–Kier alpha value is -1.14. The summed E-state index contributed by atoms with van der Waals surface area (Å²) in [6.07, 6.45) is 101. The molecule has 0 radical (unpaired) electrons. The summed E-state index contributed by atoms with van der Waals surface area (Å²) in [4.78, 5) is 24.7. The van der Waals surface area contributed by atoms with Gasteiger partial charge in [0.1, 0.15) is 0 Å². The smallest absolute Gasteiger partial charge is 0.305 e. The van der Waals surface area contributed by atoms with Crippen LogP contribution in [0.15, 0.2) is 0 Å². The molecular weight excluding hydrogens is 1100 g/mol. The van der Waals surface area contributed by atoms with Gasteiger partial charge < -0.3 is 20.3 Å². The van der Waals surface area contributed by atoms with Gasteiger partial charge in [0.05, 0.1) is 25.4 Å². The van der Waals surface area contributed by atoms with E-state index in [1.807, 2.05) is 0 Å². The topological polar surface area (TPSA) is 95.9 Å². The van der Waals surface area contributed by atoms with E-state index < -0.39 is 12.1 Å². The standard InChI is InChI=1S/C84H167NO5/c1-3-5-7-9-11-13-15-17-19-21-22-38-41-45-48-52-56-60-64-68-72-76-82(87)81(80-86)85-83(88)77-73-69-65-61-57-53-49-46-42-39-36-34-32-30-28-26-24-23-25-27-29-31-33-35-37-40-43-47-51-55-59-63-67-71-75-79-90-84(89)78-74-70-66-62-58-54-50-44-20-18-16-14-12-10-8-6-4-2/h81-82,86-87H,3-80H2,1-2H3,(H,85,88). The molecule has 0 saturated carbocycles. The summed E-state index contributed by atoms with van der Waals surface area (Å²) >= 11 is 0. The zero-order chi connectivity index (χ0) is 64.9. The van der Waals surface area contributed by atoms with Crippen LogP contribution in [0.1, 0.15) is 502 Å². The second-order valence-corrected chi connectivity index (χ2v) is 29.5. The number of carbonyl (C=O) groups excluding carboxylic acids is 2. The molecule has 90 heavy (non-hydrogen) atoms. The van der Waals surface area contributed by atoms with Crippen molar-refractivity contribution in [2.75, 3.05) is 13.2 Å². The normalized spacial score (nSPS) is 12.4. The lowest BCUT2D eigenvalue weighted by Gasteiger charge is -2.22. The molecule has 0 spiro atoms. The van der Waals surface area contributed by atoms with Crippen LogP contribution in [0.4, 0.5) is 0 Å². The lowest BCUT2D eigenvalue weighted by atomic mass is 10.0. The first kappa shape index (κ1) is 88.9. The van der Waals surface area contributed by atoms with E-state index in [9.17, 15) is 19.8 Å². The minimum atomic E-state index is -0.661. The fourth-order valence-electron chi connectivity index (χ4n) is 14.0. The van der Waals surface area contributed by atoms with E-state index >= 15 is 0 Å². The van der Waals surface area contributed by atoms with Gasteiger partial charge in [0.2, 0.25) is 5.91 Å². The third kappa shape index (κ3) is 75.9. The quantitative estimate of drug-likeness (QED) is 0.0417. The number of rotatable bonds is 81. The second kappa shape index (κ2) is 80.3. The number of esters is 1.